The van der Waals surface area contributed by atoms with Gasteiger partial charge < -0.3 is 0 Å². The lowest BCUT2D eigenvalue weighted by molar-refractivity contribution is 1.52. The molecule has 0 fully saturated rings. The molecule has 0 heteroatoms. The molecule has 0 atom stereocenters. The molecule has 0 N–H and O–H groups in total. The number of rotatable bonds is 4. The van der Waals surface area contributed by atoms with Crippen LogP contribution < -0.4 is 10.4 Å². The first-order chi connectivity index (χ1) is 24.7. The lowest BCUT2D eigenvalue weighted by Gasteiger charge is -2.17. The van der Waals surface area contributed by atoms with Gasteiger partial charge in [-0.25, -0.2) is 0 Å². The summed E-state index contributed by atoms with van der Waals surface area (Å²) in [5.74, 6) is 0. The summed E-state index contributed by atoms with van der Waals surface area (Å²) in [6.45, 7) is 3.99. The minimum atomic E-state index is 1.08. The Morgan fingerprint density at radius 3 is 1.84 bits per heavy atom. The fraction of sp³-hybridized carbons (Fsp3) is 0. The molecule has 0 nitrogen and oxygen atoms in total. The lowest BCUT2D eigenvalue weighted by Crippen LogP contribution is -2.29. The van der Waals surface area contributed by atoms with Crippen molar-refractivity contribution in [3.05, 3.63) is 186 Å². The predicted octanol–water partition coefficient (Wildman–Crippen LogP) is 12.0. The molecule has 9 aromatic carbocycles. The first-order valence-electron chi connectivity index (χ1n) is 17.1. The summed E-state index contributed by atoms with van der Waals surface area (Å²) in [6, 6.07) is 55.8. The van der Waals surface area contributed by atoms with Gasteiger partial charge in [0, 0.05) is 10.8 Å². The molecule has 0 spiro atoms. The van der Waals surface area contributed by atoms with E-state index in [1.54, 1.807) is 0 Å². The van der Waals surface area contributed by atoms with Crippen molar-refractivity contribution in [3.63, 3.8) is 0 Å². The van der Waals surface area contributed by atoms with E-state index in [0.717, 1.165) is 16.0 Å². The van der Waals surface area contributed by atoms with Crippen LogP contribution in [0.1, 0.15) is 5.56 Å². The van der Waals surface area contributed by atoms with Crippen LogP contribution in [0.15, 0.2) is 170 Å². The summed E-state index contributed by atoms with van der Waals surface area (Å²) >= 11 is 0. The van der Waals surface area contributed by atoms with Gasteiger partial charge in [0.15, 0.2) is 0 Å². The molecule has 0 amide bonds. The van der Waals surface area contributed by atoms with Crippen molar-refractivity contribution in [2.45, 2.75) is 0 Å². The van der Waals surface area contributed by atoms with E-state index in [1.807, 2.05) is 12.2 Å². The Bertz CT molecular complexity index is 3110. The van der Waals surface area contributed by atoms with Crippen LogP contribution in [-0.2, 0) is 0 Å². The van der Waals surface area contributed by atoms with Crippen LogP contribution in [0.25, 0.3) is 105 Å². The minimum absolute atomic E-state index is 1.08. The van der Waals surface area contributed by atoms with Crippen molar-refractivity contribution in [1.82, 2.24) is 0 Å². The quantitative estimate of drug-likeness (QED) is 0.103. The molecule has 0 saturated heterocycles. The van der Waals surface area contributed by atoms with Crippen molar-refractivity contribution >= 4 is 71.7 Å². The molecular weight excluding hydrogens is 601 g/mol. The number of hydrogen-bond donors (Lipinski definition) is 0. The van der Waals surface area contributed by atoms with Crippen LogP contribution in [-0.4, -0.2) is 0 Å². The number of hydrogen-bond acceptors (Lipinski definition) is 0. The molecule has 50 heavy (non-hydrogen) atoms. The van der Waals surface area contributed by atoms with Crippen LogP contribution >= 0.6 is 0 Å². The Kier molecular flexibility index (Phi) is 6.35. The maximum absolute atomic E-state index is 3.99. The molecule has 0 aliphatic heterocycles. The summed E-state index contributed by atoms with van der Waals surface area (Å²) < 4.78 is 0. The van der Waals surface area contributed by atoms with Crippen LogP contribution in [0.2, 0.25) is 0 Å². The Hall–Kier alpha value is -6.68. The maximum atomic E-state index is 3.99. The summed E-state index contributed by atoms with van der Waals surface area (Å²) in [4.78, 5) is 0. The zero-order valence-corrected chi connectivity index (χ0v) is 27.4. The van der Waals surface area contributed by atoms with Crippen molar-refractivity contribution in [2.24, 2.45) is 0 Å². The third kappa shape index (κ3) is 4.49. The number of fused-ring (bicyclic) bond motifs is 7. The highest BCUT2D eigenvalue weighted by Gasteiger charge is 2.17. The molecular formula is C50H30. The van der Waals surface area contributed by atoms with Crippen molar-refractivity contribution in [3.8, 4) is 33.4 Å². The molecule has 0 saturated carbocycles. The summed E-state index contributed by atoms with van der Waals surface area (Å²) in [6.07, 6.45) is 6.10. The molecule has 10 rings (SSSR count). The smallest absolute Gasteiger partial charge is 0.0412 e. The van der Waals surface area contributed by atoms with Crippen molar-refractivity contribution < 1.29 is 0 Å². The van der Waals surface area contributed by atoms with E-state index in [9.17, 15) is 0 Å². The molecule has 1 aliphatic carbocycles. The summed E-state index contributed by atoms with van der Waals surface area (Å²) in [5.41, 5.74) is 15.1. The van der Waals surface area contributed by atoms with E-state index in [-0.39, 0.29) is 0 Å². The molecule has 0 radical (unpaired) electrons. The first kappa shape index (κ1) is 28.3. The van der Waals surface area contributed by atoms with E-state index in [0.29, 0.717) is 0 Å². The largest absolute Gasteiger partial charge is 0.0985 e. The summed E-state index contributed by atoms with van der Waals surface area (Å²) in [5, 5.41) is 14.7. The second-order valence-corrected chi connectivity index (χ2v) is 13.2. The topological polar surface area (TPSA) is 0 Å². The van der Waals surface area contributed by atoms with E-state index < -0.39 is 0 Å². The highest BCUT2D eigenvalue weighted by Crippen LogP contribution is 2.38. The van der Waals surface area contributed by atoms with E-state index in [1.165, 1.54) is 87.2 Å². The third-order valence-corrected chi connectivity index (χ3v) is 10.4. The van der Waals surface area contributed by atoms with Gasteiger partial charge in [-0.1, -0.05) is 145 Å². The van der Waals surface area contributed by atoms with E-state index in [2.05, 4.69) is 176 Å². The molecule has 0 unspecified atom stereocenters. The molecule has 0 heterocycles. The normalized spacial score (nSPS) is 12.0. The first-order valence-corrected chi connectivity index (χ1v) is 17.1. The molecule has 230 valence electrons. The maximum Gasteiger partial charge on any atom is 0.0412 e. The SMILES string of the molecule is C=Cc1ccc(-c2c3c(c(-c4ccc5ccc6cc7ccccc7cc6c5c4)c4ccc(-c5ccc6ccccc6c5)cc24)=C=C=CC=3)cc1. The standard InChI is InChI=1S/C50H30/c1-2-32-15-17-35(18-16-32)49-43-13-7-8-14-44(43)50(45-26-25-40(30-48(45)49)39-22-19-33-9-3-4-10-36(33)27-39)42-24-21-34-20-23-41-28-37-11-5-6-12-38(37)29-47(41)46(34)31-42/h2-7,9-13,15-31H,1H2. The average Bonchev–Trinajstić information content (AvgIpc) is 3.18. The fourth-order valence-corrected chi connectivity index (χ4v) is 7.89. The van der Waals surface area contributed by atoms with Gasteiger partial charge in [-0.05, 0) is 135 Å². The van der Waals surface area contributed by atoms with Gasteiger partial charge in [0.2, 0.25) is 0 Å². The van der Waals surface area contributed by atoms with E-state index in [4.69, 9.17) is 0 Å². The van der Waals surface area contributed by atoms with Crippen LogP contribution in [0, 0.1) is 0 Å². The third-order valence-electron chi connectivity index (χ3n) is 10.4. The number of benzene rings is 9. The Labute approximate surface area is 290 Å². The minimum Gasteiger partial charge on any atom is -0.0985 e. The van der Waals surface area contributed by atoms with E-state index >= 15 is 0 Å². The number of allylic oxidation sites excluding steroid dienone is 1. The van der Waals surface area contributed by atoms with Gasteiger partial charge in [-0.2, -0.15) is 0 Å². The molecule has 1 aliphatic rings. The molecule has 0 bridgehead atoms. The van der Waals surface area contributed by atoms with Gasteiger partial charge in [0.25, 0.3) is 0 Å². The predicted molar refractivity (Wildman–Crippen MR) is 216 cm³/mol. The second kappa shape index (κ2) is 11.2. The van der Waals surface area contributed by atoms with Crippen LogP contribution in [0.4, 0.5) is 0 Å². The fourth-order valence-electron chi connectivity index (χ4n) is 7.89. The van der Waals surface area contributed by atoms with Crippen LogP contribution in [0.5, 0.6) is 0 Å². The lowest BCUT2D eigenvalue weighted by atomic mass is 9.85. The summed E-state index contributed by atoms with van der Waals surface area (Å²) in [7, 11) is 0. The van der Waals surface area contributed by atoms with Gasteiger partial charge in [0.1, 0.15) is 0 Å². The highest BCUT2D eigenvalue weighted by molar-refractivity contribution is 6.14. The highest BCUT2D eigenvalue weighted by atomic mass is 14.2. The monoisotopic (exact) mass is 630 g/mol. The second-order valence-electron chi connectivity index (χ2n) is 13.2. The zero-order chi connectivity index (χ0) is 33.2. The average molecular weight is 631 g/mol. The Balaban J connectivity index is 1.30. The van der Waals surface area contributed by atoms with Crippen molar-refractivity contribution in [2.75, 3.05) is 0 Å². The van der Waals surface area contributed by atoms with Gasteiger partial charge in [-0.15, -0.1) is 0 Å². The van der Waals surface area contributed by atoms with Gasteiger partial charge in [-0.3, -0.25) is 0 Å². The van der Waals surface area contributed by atoms with Gasteiger partial charge >= 0.3 is 0 Å². The Morgan fingerprint density at radius 2 is 1.02 bits per heavy atom. The zero-order valence-electron chi connectivity index (χ0n) is 27.4. The van der Waals surface area contributed by atoms with Crippen LogP contribution in [0.3, 0.4) is 0 Å². The Morgan fingerprint density at radius 1 is 0.420 bits per heavy atom. The van der Waals surface area contributed by atoms with Gasteiger partial charge in [0.05, 0.1) is 0 Å². The molecule has 9 aromatic rings. The van der Waals surface area contributed by atoms with Crippen molar-refractivity contribution in [1.29, 1.82) is 0 Å². The molecule has 0 aromatic heterocycles.